The van der Waals surface area contributed by atoms with Gasteiger partial charge in [0.05, 0.1) is 23.3 Å². The molecule has 0 spiro atoms. The van der Waals surface area contributed by atoms with Gasteiger partial charge >= 0.3 is 5.97 Å². The monoisotopic (exact) mass is 442 g/mol. The van der Waals surface area contributed by atoms with Crippen molar-refractivity contribution in [2.24, 2.45) is 0 Å². The van der Waals surface area contributed by atoms with Crippen LogP contribution in [0, 0.1) is 0 Å². The zero-order valence-electron chi connectivity index (χ0n) is 16.8. The minimum atomic E-state index is -3.87. The maximum atomic E-state index is 12.5. The van der Waals surface area contributed by atoms with Crippen LogP contribution in [0.1, 0.15) is 28.6 Å². The molecule has 1 unspecified atom stereocenters. The maximum Gasteiger partial charge on any atom is 0.338 e. The van der Waals surface area contributed by atoms with Gasteiger partial charge in [-0.2, -0.15) is 0 Å². The molecular formula is C22H22N2O6S. The molecule has 0 bridgehead atoms. The molecule has 0 fully saturated rings. The Morgan fingerprint density at radius 3 is 2.48 bits per heavy atom. The first-order chi connectivity index (χ1) is 14.8. The van der Waals surface area contributed by atoms with Gasteiger partial charge in [0.1, 0.15) is 5.76 Å². The van der Waals surface area contributed by atoms with Crippen molar-refractivity contribution in [3.63, 3.8) is 0 Å². The van der Waals surface area contributed by atoms with Crippen molar-refractivity contribution in [3.05, 3.63) is 89.9 Å². The normalized spacial score (nSPS) is 12.2. The molecule has 3 rings (SSSR count). The summed E-state index contributed by atoms with van der Waals surface area (Å²) in [5, 5.41) is 2.69. The molecule has 1 aromatic heterocycles. The number of rotatable bonds is 9. The number of benzene rings is 2. The summed E-state index contributed by atoms with van der Waals surface area (Å²) < 4.78 is 37.7. The fourth-order valence-electron chi connectivity index (χ4n) is 2.66. The first kappa shape index (κ1) is 22.3. The molecule has 0 aliphatic rings. The Hall–Kier alpha value is -3.43. The first-order valence-electron chi connectivity index (χ1n) is 9.50. The van der Waals surface area contributed by atoms with Crippen LogP contribution in [0.2, 0.25) is 0 Å². The van der Waals surface area contributed by atoms with Crippen LogP contribution in [0.4, 0.5) is 0 Å². The third-order valence-electron chi connectivity index (χ3n) is 4.36. The summed E-state index contributed by atoms with van der Waals surface area (Å²) in [6.45, 7) is 1.73. The lowest BCUT2D eigenvalue weighted by atomic mass is 10.2. The molecule has 8 nitrogen and oxygen atoms in total. The predicted molar refractivity (Wildman–Crippen MR) is 112 cm³/mol. The van der Waals surface area contributed by atoms with Gasteiger partial charge in [-0.25, -0.2) is 17.9 Å². The summed E-state index contributed by atoms with van der Waals surface area (Å²) in [6, 6.07) is 18.0. The van der Waals surface area contributed by atoms with Crippen molar-refractivity contribution >= 4 is 21.9 Å². The van der Waals surface area contributed by atoms with E-state index in [1.807, 2.05) is 30.3 Å². The minimum absolute atomic E-state index is 0.0172. The SMILES string of the molecule is CC(OC(=O)c1cccc(S(=O)(=O)NCc2ccco2)c1)C(=O)NCc1ccccc1. The van der Waals surface area contributed by atoms with E-state index < -0.39 is 28.0 Å². The number of ether oxygens (including phenoxy) is 1. The van der Waals surface area contributed by atoms with Crippen LogP contribution in [-0.2, 0) is 32.6 Å². The van der Waals surface area contributed by atoms with Gasteiger partial charge in [-0.1, -0.05) is 36.4 Å². The van der Waals surface area contributed by atoms with Crippen molar-refractivity contribution in [2.45, 2.75) is 31.0 Å². The van der Waals surface area contributed by atoms with Gasteiger partial charge in [0.2, 0.25) is 10.0 Å². The lowest BCUT2D eigenvalue weighted by molar-refractivity contribution is -0.129. The van der Waals surface area contributed by atoms with Crippen LogP contribution < -0.4 is 10.0 Å². The van der Waals surface area contributed by atoms with Crippen LogP contribution >= 0.6 is 0 Å². The molecule has 1 heterocycles. The van der Waals surface area contributed by atoms with Crippen molar-refractivity contribution in [1.82, 2.24) is 10.0 Å². The molecule has 1 amide bonds. The van der Waals surface area contributed by atoms with E-state index in [0.717, 1.165) is 5.56 Å². The predicted octanol–water partition coefficient (Wildman–Crippen LogP) is 2.62. The Morgan fingerprint density at radius 1 is 1.00 bits per heavy atom. The summed E-state index contributed by atoms with van der Waals surface area (Å²) in [5.74, 6) is -0.805. The zero-order valence-corrected chi connectivity index (χ0v) is 17.6. The molecule has 1 atom stereocenters. The number of sulfonamides is 1. The molecule has 3 aromatic rings. The molecule has 0 aliphatic heterocycles. The highest BCUT2D eigenvalue weighted by Gasteiger charge is 2.21. The van der Waals surface area contributed by atoms with E-state index in [-0.39, 0.29) is 17.0 Å². The van der Waals surface area contributed by atoms with E-state index in [9.17, 15) is 18.0 Å². The average molecular weight is 442 g/mol. The van der Waals surface area contributed by atoms with Crippen molar-refractivity contribution in [3.8, 4) is 0 Å². The Kier molecular flexibility index (Phi) is 7.22. The van der Waals surface area contributed by atoms with Gasteiger partial charge in [-0.15, -0.1) is 0 Å². The Labute approximate surface area is 180 Å². The summed E-state index contributed by atoms with van der Waals surface area (Å²) in [6.07, 6.45) is 0.394. The average Bonchev–Trinajstić information content (AvgIpc) is 3.30. The molecular weight excluding hydrogens is 420 g/mol. The van der Waals surface area contributed by atoms with Gasteiger partial charge in [-0.05, 0) is 42.8 Å². The van der Waals surface area contributed by atoms with E-state index in [1.54, 1.807) is 12.1 Å². The third-order valence-corrected chi connectivity index (χ3v) is 5.76. The smallest absolute Gasteiger partial charge is 0.338 e. The number of nitrogens with one attached hydrogen (secondary N) is 2. The number of furan rings is 1. The summed E-state index contributed by atoms with van der Waals surface area (Å²) in [7, 11) is -3.87. The Balaban J connectivity index is 1.59. The van der Waals surface area contributed by atoms with E-state index in [2.05, 4.69) is 10.0 Å². The minimum Gasteiger partial charge on any atom is -0.468 e. The second kappa shape index (κ2) is 10.1. The quantitative estimate of drug-likeness (QED) is 0.493. The highest BCUT2D eigenvalue weighted by Crippen LogP contribution is 2.14. The second-order valence-electron chi connectivity index (χ2n) is 6.68. The van der Waals surface area contributed by atoms with Crippen LogP contribution in [0.3, 0.4) is 0 Å². The summed E-state index contributed by atoms with van der Waals surface area (Å²) >= 11 is 0. The first-order valence-corrected chi connectivity index (χ1v) is 11.0. The second-order valence-corrected chi connectivity index (χ2v) is 8.45. The van der Waals surface area contributed by atoms with Gasteiger partial charge < -0.3 is 14.5 Å². The van der Waals surface area contributed by atoms with Crippen LogP contribution in [0.5, 0.6) is 0 Å². The van der Waals surface area contributed by atoms with Gasteiger partial charge in [0.25, 0.3) is 5.91 Å². The Morgan fingerprint density at radius 2 is 1.77 bits per heavy atom. The molecule has 2 aromatic carbocycles. The number of hydrogen-bond donors (Lipinski definition) is 2. The lowest BCUT2D eigenvalue weighted by Gasteiger charge is -2.14. The largest absolute Gasteiger partial charge is 0.468 e. The van der Waals surface area contributed by atoms with E-state index in [4.69, 9.17) is 9.15 Å². The van der Waals surface area contributed by atoms with Gasteiger partial charge in [-0.3, -0.25) is 4.79 Å². The highest BCUT2D eigenvalue weighted by molar-refractivity contribution is 7.89. The molecule has 0 radical (unpaired) electrons. The van der Waals surface area contributed by atoms with E-state index >= 15 is 0 Å². The topological polar surface area (TPSA) is 115 Å². The van der Waals surface area contributed by atoms with Gasteiger partial charge in [0.15, 0.2) is 6.10 Å². The van der Waals surface area contributed by atoms with Crippen LogP contribution in [0.25, 0.3) is 0 Å². The van der Waals surface area contributed by atoms with Crippen LogP contribution in [0.15, 0.2) is 82.3 Å². The van der Waals surface area contributed by atoms with Crippen molar-refractivity contribution in [2.75, 3.05) is 0 Å². The van der Waals surface area contributed by atoms with Crippen molar-refractivity contribution in [1.29, 1.82) is 0 Å². The maximum absolute atomic E-state index is 12.5. The summed E-state index contributed by atoms with van der Waals surface area (Å²) in [5.41, 5.74) is 0.929. The van der Waals surface area contributed by atoms with Gasteiger partial charge in [0, 0.05) is 6.54 Å². The van der Waals surface area contributed by atoms with E-state index in [0.29, 0.717) is 12.3 Å². The number of amides is 1. The Bertz CT molecular complexity index is 1130. The molecule has 0 saturated heterocycles. The molecule has 0 saturated carbocycles. The fourth-order valence-corrected chi connectivity index (χ4v) is 3.70. The number of carbonyl (C=O) groups is 2. The summed E-state index contributed by atoms with van der Waals surface area (Å²) in [4.78, 5) is 24.5. The molecule has 0 aliphatic carbocycles. The fraction of sp³-hybridized carbons (Fsp3) is 0.182. The molecule has 162 valence electrons. The highest BCUT2D eigenvalue weighted by atomic mass is 32.2. The zero-order chi connectivity index (χ0) is 22.3. The number of carbonyl (C=O) groups excluding carboxylic acids is 2. The number of hydrogen-bond acceptors (Lipinski definition) is 6. The van der Waals surface area contributed by atoms with Crippen molar-refractivity contribution < 1.29 is 27.2 Å². The van der Waals surface area contributed by atoms with Crippen LogP contribution in [-0.4, -0.2) is 26.4 Å². The third kappa shape index (κ3) is 6.27. The molecule has 31 heavy (non-hydrogen) atoms. The number of esters is 1. The lowest BCUT2D eigenvalue weighted by Crippen LogP contribution is -2.35. The van der Waals surface area contributed by atoms with E-state index in [1.165, 1.54) is 37.5 Å². The molecule has 2 N–H and O–H groups in total. The molecule has 9 heteroatoms. The standard InChI is InChI=1S/C22H22N2O6S/c1-16(21(25)23-14-17-7-3-2-4-8-17)30-22(26)18-9-5-11-20(13-18)31(27,28)24-15-19-10-6-12-29-19/h2-13,16,24H,14-15H2,1H3,(H,23,25).